The van der Waals surface area contributed by atoms with Gasteiger partial charge in [-0.15, -0.1) is 0 Å². The van der Waals surface area contributed by atoms with Crippen LogP contribution in [0.25, 0.3) is 0 Å². The Morgan fingerprint density at radius 2 is 2.05 bits per heavy atom. The molecule has 6 heteroatoms. The van der Waals surface area contributed by atoms with Gasteiger partial charge in [-0.2, -0.15) is 0 Å². The SMILES string of the molecule is CC(C)N1CCOC(COc2ccc(B(O)O)cc2)C1. The summed E-state index contributed by atoms with van der Waals surface area (Å²) in [6.07, 6.45) is 0.0780. The average Bonchev–Trinajstić information content (AvgIpc) is 2.46. The Hall–Kier alpha value is -1.08. The number of morpholine rings is 1. The van der Waals surface area contributed by atoms with Gasteiger partial charge in [0.2, 0.25) is 0 Å². The van der Waals surface area contributed by atoms with E-state index in [0.29, 0.717) is 23.9 Å². The lowest BCUT2D eigenvalue weighted by Crippen LogP contribution is -2.47. The van der Waals surface area contributed by atoms with E-state index in [9.17, 15) is 0 Å². The molecule has 5 nitrogen and oxygen atoms in total. The third-order valence-electron chi connectivity index (χ3n) is 3.51. The van der Waals surface area contributed by atoms with E-state index in [1.54, 1.807) is 24.3 Å². The fourth-order valence-electron chi connectivity index (χ4n) is 2.24. The van der Waals surface area contributed by atoms with Gasteiger partial charge in [0.1, 0.15) is 18.5 Å². The quantitative estimate of drug-likeness (QED) is 0.734. The normalized spacial score (nSPS) is 20.1. The number of hydrogen-bond donors (Lipinski definition) is 2. The third kappa shape index (κ3) is 4.21. The second kappa shape index (κ2) is 7.08. The van der Waals surface area contributed by atoms with Crippen LogP contribution >= 0.6 is 0 Å². The Morgan fingerprint density at radius 3 is 2.65 bits per heavy atom. The van der Waals surface area contributed by atoms with Crippen LogP contribution in [0.2, 0.25) is 0 Å². The molecule has 1 aliphatic rings. The molecule has 0 saturated carbocycles. The van der Waals surface area contributed by atoms with Gasteiger partial charge < -0.3 is 19.5 Å². The maximum atomic E-state index is 9.02. The van der Waals surface area contributed by atoms with Crippen LogP contribution in [0.15, 0.2) is 24.3 Å². The number of rotatable bonds is 5. The second-order valence-corrected chi connectivity index (χ2v) is 5.34. The van der Waals surface area contributed by atoms with Crippen molar-refractivity contribution in [2.45, 2.75) is 26.0 Å². The molecule has 20 heavy (non-hydrogen) atoms. The summed E-state index contributed by atoms with van der Waals surface area (Å²) < 4.78 is 11.4. The standard InChI is InChI=1S/C14H22BNO4/c1-11(2)16-7-8-19-14(9-16)10-20-13-5-3-12(4-6-13)15(17)18/h3-6,11,14,17-18H,7-10H2,1-2H3. The lowest BCUT2D eigenvalue weighted by atomic mass is 9.80. The summed E-state index contributed by atoms with van der Waals surface area (Å²) >= 11 is 0. The Kier molecular flexibility index (Phi) is 5.42. The smallest absolute Gasteiger partial charge is 0.488 e. The van der Waals surface area contributed by atoms with Crippen molar-refractivity contribution in [3.8, 4) is 5.75 Å². The molecule has 1 fully saturated rings. The molecule has 0 amide bonds. The number of benzene rings is 1. The molecule has 0 bridgehead atoms. The van der Waals surface area contributed by atoms with Crippen molar-refractivity contribution in [2.75, 3.05) is 26.3 Å². The van der Waals surface area contributed by atoms with Crippen LogP contribution in [-0.4, -0.2) is 60.5 Å². The second-order valence-electron chi connectivity index (χ2n) is 5.34. The minimum Gasteiger partial charge on any atom is -0.491 e. The van der Waals surface area contributed by atoms with Gasteiger partial charge in [-0.25, -0.2) is 0 Å². The Morgan fingerprint density at radius 1 is 1.35 bits per heavy atom. The third-order valence-corrected chi connectivity index (χ3v) is 3.51. The molecule has 2 N–H and O–H groups in total. The molecule has 2 rings (SSSR count). The Bertz CT molecular complexity index is 410. The molecule has 1 unspecified atom stereocenters. The van der Waals surface area contributed by atoms with Crippen LogP contribution in [-0.2, 0) is 4.74 Å². The van der Waals surface area contributed by atoms with Gasteiger partial charge >= 0.3 is 7.12 Å². The topological polar surface area (TPSA) is 62.2 Å². The average molecular weight is 279 g/mol. The molecule has 0 aromatic heterocycles. The van der Waals surface area contributed by atoms with E-state index < -0.39 is 7.12 Å². The molecule has 0 radical (unpaired) electrons. The fraction of sp³-hybridized carbons (Fsp3) is 0.571. The lowest BCUT2D eigenvalue weighted by molar-refractivity contribution is -0.0564. The summed E-state index contributed by atoms with van der Waals surface area (Å²) in [6, 6.07) is 7.27. The highest BCUT2D eigenvalue weighted by molar-refractivity contribution is 6.58. The predicted octanol–water partition coefficient (Wildman–Crippen LogP) is -0.146. The summed E-state index contributed by atoms with van der Waals surface area (Å²) in [4.78, 5) is 2.38. The zero-order valence-corrected chi connectivity index (χ0v) is 12.0. The molecule has 1 aromatic carbocycles. The van der Waals surface area contributed by atoms with Crippen LogP contribution in [0.4, 0.5) is 0 Å². The van der Waals surface area contributed by atoms with E-state index in [4.69, 9.17) is 19.5 Å². The Labute approximate surface area is 120 Å². The van der Waals surface area contributed by atoms with Gasteiger partial charge in [-0.3, -0.25) is 4.90 Å². The molecule has 1 aromatic rings. The summed E-state index contributed by atoms with van der Waals surface area (Å²) in [5.74, 6) is 0.708. The van der Waals surface area contributed by atoms with Gasteiger partial charge in [-0.1, -0.05) is 12.1 Å². The Balaban J connectivity index is 1.82. The number of ether oxygens (including phenoxy) is 2. The van der Waals surface area contributed by atoms with Crippen LogP contribution in [0.1, 0.15) is 13.8 Å². The first-order valence-electron chi connectivity index (χ1n) is 7.01. The van der Waals surface area contributed by atoms with Crippen molar-refractivity contribution >= 4 is 12.6 Å². The first-order valence-corrected chi connectivity index (χ1v) is 7.01. The zero-order valence-electron chi connectivity index (χ0n) is 12.0. The number of nitrogens with zero attached hydrogens (tertiary/aromatic N) is 1. The molecule has 1 atom stereocenters. The first kappa shape index (κ1) is 15.3. The summed E-state index contributed by atoms with van der Waals surface area (Å²) in [6.45, 7) is 7.46. The van der Waals surface area contributed by atoms with Crippen molar-refractivity contribution in [3.05, 3.63) is 24.3 Å². The summed E-state index contributed by atoms with van der Waals surface area (Å²) in [5, 5.41) is 18.0. The van der Waals surface area contributed by atoms with E-state index in [0.717, 1.165) is 19.7 Å². The van der Waals surface area contributed by atoms with Crippen LogP contribution < -0.4 is 10.2 Å². The molecule has 110 valence electrons. The minimum atomic E-state index is -1.44. The molecule has 0 spiro atoms. The highest BCUT2D eigenvalue weighted by atomic mass is 16.5. The zero-order chi connectivity index (χ0) is 14.5. The number of hydrogen-bond acceptors (Lipinski definition) is 5. The van der Waals surface area contributed by atoms with Gasteiger partial charge in [0, 0.05) is 19.1 Å². The van der Waals surface area contributed by atoms with Gasteiger partial charge in [0.15, 0.2) is 0 Å². The summed E-state index contributed by atoms with van der Waals surface area (Å²) in [7, 11) is -1.44. The van der Waals surface area contributed by atoms with E-state index in [-0.39, 0.29) is 6.10 Å². The minimum absolute atomic E-state index is 0.0780. The van der Waals surface area contributed by atoms with Crippen LogP contribution in [0.5, 0.6) is 5.75 Å². The highest BCUT2D eigenvalue weighted by Crippen LogP contribution is 2.12. The van der Waals surface area contributed by atoms with Crippen molar-refractivity contribution in [1.82, 2.24) is 4.90 Å². The van der Waals surface area contributed by atoms with Crippen molar-refractivity contribution in [3.63, 3.8) is 0 Å². The molecular formula is C14H22BNO4. The lowest BCUT2D eigenvalue weighted by Gasteiger charge is -2.35. The van der Waals surface area contributed by atoms with Gasteiger partial charge in [-0.05, 0) is 31.4 Å². The first-order chi connectivity index (χ1) is 9.56. The fourth-order valence-corrected chi connectivity index (χ4v) is 2.24. The van der Waals surface area contributed by atoms with Crippen molar-refractivity contribution < 1.29 is 19.5 Å². The maximum absolute atomic E-state index is 9.02. The molecule has 1 saturated heterocycles. The van der Waals surface area contributed by atoms with Crippen LogP contribution in [0.3, 0.4) is 0 Å². The molecular weight excluding hydrogens is 257 g/mol. The monoisotopic (exact) mass is 279 g/mol. The van der Waals surface area contributed by atoms with E-state index in [2.05, 4.69) is 18.7 Å². The van der Waals surface area contributed by atoms with E-state index in [1.165, 1.54) is 0 Å². The van der Waals surface area contributed by atoms with Gasteiger partial charge in [0.25, 0.3) is 0 Å². The summed E-state index contributed by atoms with van der Waals surface area (Å²) in [5.41, 5.74) is 0.456. The van der Waals surface area contributed by atoms with E-state index >= 15 is 0 Å². The molecule has 1 aliphatic heterocycles. The van der Waals surface area contributed by atoms with Crippen molar-refractivity contribution in [1.29, 1.82) is 0 Å². The predicted molar refractivity (Wildman–Crippen MR) is 78.2 cm³/mol. The highest BCUT2D eigenvalue weighted by Gasteiger charge is 2.22. The molecule has 0 aliphatic carbocycles. The van der Waals surface area contributed by atoms with E-state index in [1.807, 2.05) is 0 Å². The maximum Gasteiger partial charge on any atom is 0.488 e. The van der Waals surface area contributed by atoms with Gasteiger partial charge in [0.05, 0.1) is 6.61 Å². The molecule has 1 heterocycles. The van der Waals surface area contributed by atoms with Crippen molar-refractivity contribution in [2.24, 2.45) is 0 Å². The van der Waals surface area contributed by atoms with Crippen LogP contribution in [0, 0.1) is 0 Å². The largest absolute Gasteiger partial charge is 0.491 e.